The molecule has 1 fully saturated rings. The molecule has 1 atom stereocenters. The molecule has 24 heavy (non-hydrogen) atoms. The van der Waals surface area contributed by atoms with Crippen LogP contribution in [0.1, 0.15) is 38.8 Å². The van der Waals surface area contributed by atoms with E-state index < -0.39 is 0 Å². The lowest BCUT2D eigenvalue weighted by Crippen LogP contribution is -2.33. The fraction of sp³-hybridized carbons (Fsp3) is 0.263. The van der Waals surface area contributed by atoms with Gasteiger partial charge in [-0.25, -0.2) is 0 Å². The highest BCUT2D eigenvalue weighted by Gasteiger charge is 2.17. The second-order valence-electron chi connectivity index (χ2n) is 5.72. The number of carbonyl (C=O) groups excluding carboxylic acids is 2. The van der Waals surface area contributed by atoms with Gasteiger partial charge >= 0.3 is 0 Å². The van der Waals surface area contributed by atoms with Crippen molar-refractivity contribution in [2.24, 2.45) is 0 Å². The van der Waals surface area contributed by atoms with Crippen molar-refractivity contribution < 1.29 is 14.3 Å². The molecule has 2 aromatic rings. The van der Waals surface area contributed by atoms with Crippen LogP contribution in [0.4, 0.5) is 0 Å². The molecule has 0 spiro atoms. The summed E-state index contributed by atoms with van der Waals surface area (Å²) in [4.78, 5) is 24.5. The maximum Gasteiger partial charge on any atom is 0.170 e. The highest BCUT2D eigenvalue weighted by atomic mass is 35.5. The lowest BCUT2D eigenvalue weighted by molar-refractivity contribution is 0.0277. The number of benzene rings is 2. The highest BCUT2D eigenvalue weighted by Crippen LogP contribution is 2.20. The van der Waals surface area contributed by atoms with E-state index in [1.165, 1.54) is 0 Å². The van der Waals surface area contributed by atoms with Gasteiger partial charge in [0.25, 0.3) is 0 Å². The summed E-state index contributed by atoms with van der Waals surface area (Å²) < 4.78 is 5.68. The van der Waals surface area contributed by atoms with E-state index in [4.69, 9.17) is 16.3 Å². The number of morpholine rings is 1. The van der Waals surface area contributed by atoms with E-state index in [2.05, 4.69) is 5.32 Å². The molecule has 1 aliphatic rings. The maximum absolute atomic E-state index is 12.3. The van der Waals surface area contributed by atoms with Crippen molar-refractivity contribution in [3.05, 3.63) is 70.2 Å². The Morgan fingerprint density at radius 1 is 1.00 bits per heavy atom. The van der Waals surface area contributed by atoms with Crippen LogP contribution in [0.5, 0.6) is 0 Å². The van der Waals surface area contributed by atoms with Crippen LogP contribution >= 0.6 is 11.6 Å². The molecule has 4 nitrogen and oxygen atoms in total. The standard InChI is InChI=1S/C19H18ClNO3/c20-16-7-5-14(6-8-16)18(23)11-17(22)13-1-3-15(4-2-13)19-12-21-9-10-24-19/h1-8,19,21H,9-12H2. The summed E-state index contributed by atoms with van der Waals surface area (Å²) in [7, 11) is 0. The number of hydrogen-bond donors (Lipinski definition) is 1. The van der Waals surface area contributed by atoms with Gasteiger partial charge in [-0.15, -0.1) is 0 Å². The summed E-state index contributed by atoms with van der Waals surface area (Å²) in [6.45, 7) is 2.31. The Balaban J connectivity index is 1.64. The van der Waals surface area contributed by atoms with Crippen molar-refractivity contribution in [2.75, 3.05) is 19.7 Å². The van der Waals surface area contributed by atoms with E-state index in [-0.39, 0.29) is 24.1 Å². The third kappa shape index (κ3) is 4.09. The van der Waals surface area contributed by atoms with Gasteiger partial charge in [0.15, 0.2) is 11.6 Å². The topological polar surface area (TPSA) is 55.4 Å². The average molecular weight is 344 g/mol. The lowest BCUT2D eigenvalue weighted by atomic mass is 9.99. The Morgan fingerprint density at radius 3 is 2.12 bits per heavy atom. The largest absolute Gasteiger partial charge is 0.371 e. The molecular weight excluding hydrogens is 326 g/mol. The molecule has 0 aliphatic carbocycles. The van der Waals surface area contributed by atoms with Crippen molar-refractivity contribution in [1.29, 1.82) is 0 Å². The van der Waals surface area contributed by atoms with Crippen LogP contribution in [0.2, 0.25) is 5.02 Å². The SMILES string of the molecule is O=C(CC(=O)c1ccc(C2CNCCO2)cc1)c1ccc(Cl)cc1. The van der Waals surface area contributed by atoms with E-state index in [0.29, 0.717) is 22.8 Å². The van der Waals surface area contributed by atoms with Gasteiger partial charge < -0.3 is 10.1 Å². The van der Waals surface area contributed by atoms with Gasteiger partial charge in [0.1, 0.15) is 0 Å². The molecule has 2 aromatic carbocycles. The molecule has 5 heteroatoms. The van der Waals surface area contributed by atoms with Gasteiger partial charge in [0.2, 0.25) is 0 Å². The van der Waals surface area contributed by atoms with Crippen LogP contribution < -0.4 is 5.32 Å². The van der Waals surface area contributed by atoms with Crippen LogP contribution in [0.15, 0.2) is 48.5 Å². The van der Waals surface area contributed by atoms with Crippen LogP contribution in [-0.4, -0.2) is 31.3 Å². The van der Waals surface area contributed by atoms with E-state index >= 15 is 0 Å². The fourth-order valence-corrected chi connectivity index (χ4v) is 2.77. The third-order valence-corrected chi connectivity index (χ3v) is 4.27. The number of carbonyl (C=O) groups is 2. The molecule has 0 bridgehead atoms. The molecule has 3 rings (SSSR count). The zero-order valence-corrected chi connectivity index (χ0v) is 13.9. The first-order chi connectivity index (χ1) is 11.6. The smallest absolute Gasteiger partial charge is 0.170 e. The minimum absolute atomic E-state index is 0.0126. The summed E-state index contributed by atoms with van der Waals surface area (Å²) in [5.41, 5.74) is 2.05. The molecule has 1 heterocycles. The highest BCUT2D eigenvalue weighted by molar-refractivity contribution is 6.30. The Hall–Kier alpha value is -2.01. The van der Waals surface area contributed by atoms with Crippen LogP contribution in [0, 0.1) is 0 Å². The van der Waals surface area contributed by atoms with Crippen molar-refractivity contribution in [3.63, 3.8) is 0 Å². The predicted molar refractivity (Wildman–Crippen MR) is 92.7 cm³/mol. The molecule has 0 aromatic heterocycles. The first-order valence-corrected chi connectivity index (χ1v) is 8.25. The summed E-state index contributed by atoms with van der Waals surface area (Å²) in [5, 5.41) is 3.84. The average Bonchev–Trinajstić information content (AvgIpc) is 2.63. The van der Waals surface area contributed by atoms with Gasteiger partial charge in [0.05, 0.1) is 19.1 Å². The number of ketones is 2. The van der Waals surface area contributed by atoms with Gasteiger partial charge in [-0.2, -0.15) is 0 Å². The number of ether oxygens (including phenoxy) is 1. The first kappa shape index (κ1) is 16.8. The third-order valence-electron chi connectivity index (χ3n) is 4.02. The minimum Gasteiger partial charge on any atom is -0.371 e. The second-order valence-corrected chi connectivity index (χ2v) is 6.15. The molecular formula is C19H18ClNO3. The molecule has 1 saturated heterocycles. The Kier molecular flexibility index (Phi) is 5.41. The second kappa shape index (κ2) is 7.71. The Bertz CT molecular complexity index is 719. The Labute approximate surface area is 145 Å². The number of nitrogens with one attached hydrogen (secondary N) is 1. The van der Waals surface area contributed by atoms with Gasteiger partial charge in [-0.1, -0.05) is 35.9 Å². The molecule has 1 N–H and O–H groups in total. The zero-order chi connectivity index (χ0) is 16.9. The van der Waals surface area contributed by atoms with Crippen LogP contribution in [0.25, 0.3) is 0 Å². The molecule has 0 saturated carbocycles. The quantitative estimate of drug-likeness (QED) is 0.667. The maximum atomic E-state index is 12.3. The lowest BCUT2D eigenvalue weighted by Gasteiger charge is -2.24. The van der Waals surface area contributed by atoms with Gasteiger partial charge in [-0.3, -0.25) is 9.59 Å². The molecule has 1 unspecified atom stereocenters. The van der Waals surface area contributed by atoms with Crippen LogP contribution in [-0.2, 0) is 4.74 Å². The van der Waals surface area contributed by atoms with Crippen molar-refractivity contribution in [1.82, 2.24) is 5.32 Å². The molecule has 124 valence electrons. The summed E-state index contributed by atoms with van der Waals surface area (Å²) in [5.74, 6) is -0.398. The number of hydrogen-bond acceptors (Lipinski definition) is 4. The minimum atomic E-state index is -0.208. The van der Waals surface area contributed by atoms with E-state index in [1.807, 2.05) is 12.1 Å². The summed E-state index contributed by atoms with van der Waals surface area (Å²) in [6, 6.07) is 13.8. The normalized spacial score (nSPS) is 17.5. The van der Waals surface area contributed by atoms with Gasteiger partial charge in [-0.05, 0) is 29.8 Å². The molecule has 0 radical (unpaired) electrons. The van der Waals surface area contributed by atoms with E-state index in [0.717, 1.165) is 18.7 Å². The number of Topliss-reactive ketones (excluding diaryl/α,β-unsaturated/α-hetero) is 2. The Morgan fingerprint density at radius 2 is 1.58 bits per heavy atom. The zero-order valence-electron chi connectivity index (χ0n) is 13.1. The van der Waals surface area contributed by atoms with Crippen LogP contribution in [0.3, 0.4) is 0 Å². The summed E-state index contributed by atoms with van der Waals surface area (Å²) in [6.07, 6.45) is -0.138. The first-order valence-electron chi connectivity index (χ1n) is 7.88. The van der Waals surface area contributed by atoms with Gasteiger partial charge in [0, 0.05) is 29.2 Å². The predicted octanol–water partition coefficient (Wildman–Crippen LogP) is 3.46. The van der Waals surface area contributed by atoms with E-state index in [1.54, 1.807) is 36.4 Å². The van der Waals surface area contributed by atoms with Crippen molar-refractivity contribution in [2.45, 2.75) is 12.5 Å². The molecule has 1 aliphatic heterocycles. The monoisotopic (exact) mass is 343 g/mol. The van der Waals surface area contributed by atoms with E-state index in [9.17, 15) is 9.59 Å². The molecule has 0 amide bonds. The van der Waals surface area contributed by atoms with Crippen molar-refractivity contribution >= 4 is 23.2 Å². The number of halogens is 1. The number of rotatable bonds is 5. The van der Waals surface area contributed by atoms with Crippen molar-refractivity contribution in [3.8, 4) is 0 Å². The fourth-order valence-electron chi connectivity index (χ4n) is 2.65. The summed E-state index contributed by atoms with van der Waals surface area (Å²) >= 11 is 5.80.